The van der Waals surface area contributed by atoms with Gasteiger partial charge in [-0.2, -0.15) is 0 Å². The second-order valence-corrected chi connectivity index (χ2v) is 6.08. The van der Waals surface area contributed by atoms with Gasteiger partial charge in [-0.3, -0.25) is 0 Å². The van der Waals surface area contributed by atoms with E-state index in [0.717, 1.165) is 6.07 Å². The normalized spacial score (nSPS) is 17.7. The Labute approximate surface area is 85.0 Å². The molecule has 0 bridgehead atoms. The van der Waals surface area contributed by atoms with E-state index in [1.165, 1.54) is 6.07 Å². The molecule has 0 radical (unpaired) electrons. The van der Waals surface area contributed by atoms with Crippen molar-refractivity contribution >= 4 is 32.8 Å². The van der Waals surface area contributed by atoms with Crippen LogP contribution in [-0.2, 0) is 0 Å². The third-order valence-electron chi connectivity index (χ3n) is 1.24. The van der Waals surface area contributed by atoms with Crippen LogP contribution >= 0.6 is 32.8 Å². The zero-order valence-corrected chi connectivity index (χ0v) is 8.96. The molecule has 1 aromatic rings. The molecule has 0 atom stereocenters. The summed E-state index contributed by atoms with van der Waals surface area (Å²) in [5, 5.41) is 0. The van der Waals surface area contributed by atoms with E-state index in [0.29, 0.717) is 12.1 Å². The lowest BCUT2D eigenvalue weighted by Gasteiger charge is -2.40. The molecule has 76 valence electrons. The molecule has 0 aliphatic rings. The van der Waals surface area contributed by atoms with Gasteiger partial charge in [-0.1, -0.05) is 25.5 Å². The highest BCUT2D eigenvalue weighted by Crippen LogP contribution is 3.02. The monoisotopic (exact) mass is 330 g/mol. The van der Waals surface area contributed by atoms with Gasteiger partial charge in [0.2, 0.25) is 0 Å². The Bertz CT molecular complexity index is 342. The van der Waals surface area contributed by atoms with Crippen molar-refractivity contribution in [1.82, 2.24) is 0 Å². The molecule has 0 aliphatic carbocycles. The van der Waals surface area contributed by atoms with Gasteiger partial charge < -0.3 is 0 Å². The summed E-state index contributed by atoms with van der Waals surface area (Å²) in [6, 6.07) is 3.08. The third kappa shape index (κ3) is 2.97. The molecule has 1 rings (SSSR count). The summed E-state index contributed by atoms with van der Waals surface area (Å²) in [7, 11) is -9.47. The van der Waals surface area contributed by atoms with Crippen LogP contribution in [0, 0.1) is 3.57 Å². The minimum absolute atomic E-state index is 0.128. The molecule has 1 aromatic carbocycles. The second-order valence-electron chi connectivity index (χ2n) is 2.43. The molecule has 0 saturated heterocycles. The van der Waals surface area contributed by atoms with Crippen molar-refractivity contribution in [2.75, 3.05) is 0 Å². The van der Waals surface area contributed by atoms with Crippen molar-refractivity contribution in [3.63, 3.8) is 0 Å². The van der Waals surface area contributed by atoms with Gasteiger partial charge in [0, 0.05) is 3.57 Å². The van der Waals surface area contributed by atoms with Crippen molar-refractivity contribution in [2.45, 2.75) is 4.90 Å². The number of halogens is 6. The van der Waals surface area contributed by atoms with E-state index in [1.54, 1.807) is 22.6 Å². The van der Waals surface area contributed by atoms with Crippen molar-refractivity contribution in [2.24, 2.45) is 0 Å². The zero-order chi connectivity index (χ0) is 10.4. The molecule has 0 aliphatic heterocycles. The van der Waals surface area contributed by atoms with Gasteiger partial charge >= 0.3 is 10.2 Å². The molecular weight excluding hydrogens is 326 g/mol. The molecular formula is C6H4F5IS. The van der Waals surface area contributed by atoms with Gasteiger partial charge in [0.1, 0.15) is 4.90 Å². The lowest BCUT2D eigenvalue weighted by atomic mass is 10.4. The maximum absolute atomic E-state index is 12.1. The van der Waals surface area contributed by atoms with Crippen LogP contribution in [0.15, 0.2) is 29.2 Å². The minimum atomic E-state index is -9.47. The minimum Gasteiger partial charge on any atom is -0.0936 e. The van der Waals surface area contributed by atoms with E-state index in [-0.39, 0.29) is 3.57 Å². The molecule has 0 fully saturated rings. The highest BCUT2D eigenvalue weighted by Gasteiger charge is 2.65. The Hall–Kier alpha value is -0.0500. The molecule has 0 amide bonds. The molecule has 0 N–H and O–H groups in total. The zero-order valence-electron chi connectivity index (χ0n) is 5.99. The summed E-state index contributed by atoms with van der Waals surface area (Å²) in [4.78, 5) is -1.84. The molecule has 0 saturated carbocycles. The first-order valence-corrected chi connectivity index (χ1v) is 6.02. The summed E-state index contributed by atoms with van der Waals surface area (Å²) < 4.78 is 60.7. The van der Waals surface area contributed by atoms with Crippen LogP contribution in [0.3, 0.4) is 0 Å². The predicted octanol–water partition coefficient (Wildman–Crippen LogP) is 4.95. The van der Waals surface area contributed by atoms with Crippen LogP contribution in [0.2, 0.25) is 0 Å². The third-order valence-corrected chi connectivity index (χ3v) is 3.06. The topological polar surface area (TPSA) is 0 Å². The maximum atomic E-state index is 12.1. The standard InChI is InChI=1S/C6H4F5IS/c7-13(8,9,10,11)6-3-1-2-5(12)4-6/h1-4H. The Kier molecular flexibility index (Phi) is 1.95. The van der Waals surface area contributed by atoms with Gasteiger partial charge in [-0.05, 0) is 40.8 Å². The fourth-order valence-electron chi connectivity index (χ4n) is 0.707. The van der Waals surface area contributed by atoms with Gasteiger partial charge in [-0.25, -0.2) is 0 Å². The fraction of sp³-hybridized carbons (Fsp3) is 0. The molecule has 0 nitrogen and oxygen atoms in total. The van der Waals surface area contributed by atoms with E-state index >= 15 is 0 Å². The highest BCUT2D eigenvalue weighted by molar-refractivity contribution is 14.1. The first-order chi connectivity index (χ1) is 5.49. The van der Waals surface area contributed by atoms with Gasteiger partial charge in [0.05, 0.1) is 0 Å². The van der Waals surface area contributed by atoms with E-state index in [1.807, 2.05) is 0 Å². The number of hydrogen-bond donors (Lipinski definition) is 0. The van der Waals surface area contributed by atoms with Gasteiger partial charge in [0.25, 0.3) is 0 Å². The molecule has 7 heteroatoms. The van der Waals surface area contributed by atoms with Crippen LogP contribution in [0.25, 0.3) is 0 Å². The largest absolute Gasteiger partial charge is 0.310 e. The Morgan fingerprint density at radius 3 is 1.85 bits per heavy atom. The quantitative estimate of drug-likeness (QED) is 0.505. The molecule has 0 heterocycles. The lowest BCUT2D eigenvalue weighted by molar-refractivity contribution is 0.364. The van der Waals surface area contributed by atoms with E-state index < -0.39 is 15.1 Å². The summed E-state index contributed by atoms with van der Waals surface area (Å²) in [5.41, 5.74) is 0. The van der Waals surface area contributed by atoms with E-state index in [9.17, 15) is 19.4 Å². The fourth-order valence-corrected chi connectivity index (χ4v) is 2.15. The van der Waals surface area contributed by atoms with Crippen LogP contribution in [0.5, 0.6) is 0 Å². The van der Waals surface area contributed by atoms with E-state index in [4.69, 9.17) is 0 Å². The Balaban J connectivity index is 3.41. The second kappa shape index (κ2) is 2.30. The van der Waals surface area contributed by atoms with Crippen molar-refractivity contribution in [3.8, 4) is 0 Å². The van der Waals surface area contributed by atoms with Crippen molar-refractivity contribution < 1.29 is 19.4 Å². The first kappa shape index (κ1) is 11.0. The predicted molar refractivity (Wildman–Crippen MR) is 50.6 cm³/mol. The highest BCUT2D eigenvalue weighted by atomic mass is 127. The van der Waals surface area contributed by atoms with Crippen LogP contribution in [0.1, 0.15) is 0 Å². The van der Waals surface area contributed by atoms with Crippen LogP contribution in [-0.4, -0.2) is 0 Å². The molecule has 0 aromatic heterocycles. The maximum Gasteiger partial charge on any atom is 0.310 e. The van der Waals surface area contributed by atoms with E-state index in [2.05, 4.69) is 0 Å². The van der Waals surface area contributed by atoms with Gasteiger partial charge in [-0.15, -0.1) is 0 Å². The summed E-state index contributed by atoms with van der Waals surface area (Å²) >= 11 is 1.54. The first-order valence-electron chi connectivity index (χ1n) is 2.99. The molecule has 0 unspecified atom stereocenters. The van der Waals surface area contributed by atoms with Crippen LogP contribution < -0.4 is 0 Å². The number of benzene rings is 1. The van der Waals surface area contributed by atoms with Crippen LogP contribution in [0.4, 0.5) is 19.4 Å². The summed E-state index contributed by atoms with van der Waals surface area (Å²) in [5.74, 6) is 0. The number of rotatable bonds is 1. The lowest BCUT2D eigenvalue weighted by Crippen LogP contribution is -2.05. The molecule has 13 heavy (non-hydrogen) atoms. The SMILES string of the molecule is FS(F)(F)(F)(F)c1cccc(I)c1. The summed E-state index contributed by atoms with van der Waals surface area (Å²) in [6.07, 6.45) is 0. The van der Waals surface area contributed by atoms with Gasteiger partial charge in [0.15, 0.2) is 0 Å². The van der Waals surface area contributed by atoms with Crippen molar-refractivity contribution in [3.05, 3.63) is 27.8 Å². The summed E-state index contributed by atoms with van der Waals surface area (Å²) in [6.45, 7) is 0. The Morgan fingerprint density at radius 1 is 1.00 bits per heavy atom. The molecule has 0 spiro atoms. The smallest absolute Gasteiger partial charge is 0.0936 e. The average Bonchev–Trinajstić information content (AvgIpc) is 1.82. The average molecular weight is 330 g/mol. The number of hydrogen-bond acceptors (Lipinski definition) is 0. The Morgan fingerprint density at radius 2 is 1.54 bits per heavy atom. The van der Waals surface area contributed by atoms with Crippen molar-refractivity contribution in [1.29, 1.82) is 0 Å².